The van der Waals surface area contributed by atoms with Gasteiger partial charge in [0.15, 0.2) is 4.30 Å². The molecule has 0 rings (SSSR count). The van der Waals surface area contributed by atoms with Crippen molar-refractivity contribution in [3.63, 3.8) is 0 Å². The second kappa shape index (κ2) is 28.9. The number of ether oxygens (including phenoxy) is 2. The Labute approximate surface area is 150 Å². The third-order valence-electron chi connectivity index (χ3n) is 1.65. The molecule has 0 aromatic carbocycles. The molecule has 4 nitrogen and oxygen atoms in total. The molecule has 0 bridgehead atoms. The van der Waals surface area contributed by atoms with Crippen molar-refractivity contribution in [3.05, 3.63) is 0 Å². The molecule has 22 heavy (non-hydrogen) atoms. The molecular formula is C15H31Cl3O4. The molecule has 0 aromatic heterocycles. The molecule has 0 atom stereocenters. The van der Waals surface area contributed by atoms with E-state index in [4.69, 9.17) is 34.8 Å². The van der Waals surface area contributed by atoms with Crippen molar-refractivity contribution in [2.45, 2.75) is 71.5 Å². The molecule has 0 aliphatic rings. The van der Waals surface area contributed by atoms with Crippen LogP contribution in [0.15, 0.2) is 0 Å². The summed E-state index contributed by atoms with van der Waals surface area (Å²) in [6.07, 6.45) is 5.54. The van der Waals surface area contributed by atoms with E-state index in [-0.39, 0.29) is 11.9 Å². The first-order chi connectivity index (χ1) is 10.2. The Kier molecular flexibility index (Phi) is 39.1. The van der Waals surface area contributed by atoms with Crippen molar-refractivity contribution in [1.82, 2.24) is 0 Å². The Morgan fingerprint density at radius 1 is 0.773 bits per heavy atom. The van der Waals surface area contributed by atoms with Gasteiger partial charge in [0.25, 0.3) is 0 Å². The van der Waals surface area contributed by atoms with Crippen LogP contribution in [0.4, 0.5) is 0 Å². The number of esters is 2. The van der Waals surface area contributed by atoms with E-state index in [1.807, 2.05) is 0 Å². The van der Waals surface area contributed by atoms with Gasteiger partial charge in [-0.15, -0.1) is 0 Å². The van der Waals surface area contributed by atoms with E-state index in [1.165, 1.54) is 39.5 Å². The van der Waals surface area contributed by atoms with Crippen LogP contribution < -0.4 is 0 Å². The van der Waals surface area contributed by atoms with Crippen LogP contribution in [0.2, 0.25) is 0 Å². The topological polar surface area (TPSA) is 52.6 Å². The predicted molar refractivity (Wildman–Crippen MR) is 95.8 cm³/mol. The fraction of sp³-hybridized carbons (Fsp3) is 0.867. The van der Waals surface area contributed by atoms with E-state index in [1.54, 1.807) is 13.8 Å². The quantitative estimate of drug-likeness (QED) is 0.347. The SMILES string of the molecule is CCCCCC.CCOC(C)=O.CCOC(C)=O.ClC(Cl)Cl. The number of carbonyl (C=O) groups is 2. The van der Waals surface area contributed by atoms with Gasteiger partial charge >= 0.3 is 11.9 Å². The van der Waals surface area contributed by atoms with Gasteiger partial charge in [-0.3, -0.25) is 9.59 Å². The molecule has 0 amide bonds. The van der Waals surface area contributed by atoms with Gasteiger partial charge in [-0.05, 0) is 13.8 Å². The molecule has 0 saturated carbocycles. The number of unbranched alkanes of at least 4 members (excludes halogenated alkanes) is 3. The van der Waals surface area contributed by atoms with Crippen LogP contribution >= 0.6 is 34.8 Å². The maximum absolute atomic E-state index is 9.82. The third-order valence-corrected chi connectivity index (χ3v) is 1.65. The molecule has 0 radical (unpaired) electrons. The number of hydrogen-bond donors (Lipinski definition) is 0. The zero-order valence-corrected chi connectivity index (χ0v) is 16.9. The third kappa shape index (κ3) is 90.3. The highest BCUT2D eigenvalue weighted by Crippen LogP contribution is 2.03. The first-order valence-corrected chi connectivity index (χ1v) is 8.69. The summed E-state index contributed by atoms with van der Waals surface area (Å²) in [7, 11) is 0. The second-order valence-electron chi connectivity index (χ2n) is 3.80. The Hall–Kier alpha value is -0.190. The lowest BCUT2D eigenvalue weighted by molar-refractivity contribution is -0.141. The lowest BCUT2D eigenvalue weighted by Crippen LogP contribution is -1.95. The normalized spacial score (nSPS) is 8.27. The summed E-state index contributed by atoms with van der Waals surface area (Å²) in [4.78, 5) is 19.6. The number of hydrogen-bond acceptors (Lipinski definition) is 4. The van der Waals surface area contributed by atoms with Gasteiger partial charge in [0.1, 0.15) is 0 Å². The summed E-state index contributed by atoms with van der Waals surface area (Å²) in [6, 6.07) is 0. The minimum Gasteiger partial charge on any atom is -0.466 e. The molecule has 0 N–H and O–H groups in total. The summed E-state index contributed by atoms with van der Waals surface area (Å²) in [5.74, 6) is -0.421. The zero-order chi connectivity index (χ0) is 18.4. The van der Waals surface area contributed by atoms with Gasteiger partial charge in [-0.2, -0.15) is 0 Å². The maximum Gasteiger partial charge on any atom is 0.302 e. The number of halogens is 3. The first-order valence-electron chi connectivity index (χ1n) is 7.38. The van der Waals surface area contributed by atoms with Crippen LogP contribution in [0, 0.1) is 0 Å². The van der Waals surface area contributed by atoms with Crippen molar-refractivity contribution in [2.75, 3.05) is 13.2 Å². The highest BCUT2D eigenvalue weighted by atomic mass is 35.6. The summed E-state index contributed by atoms with van der Waals surface area (Å²) in [5, 5.41) is 0. The minimum atomic E-state index is -0.750. The van der Waals surface area contributed by atoms with Crippen LogP contribution in [-0.4, -0.2) is 29.4 Å². The van der Waals surface area contributed by atoms with Crippen molar-refractivity contribution in [2.24, 2.45) is 0 Å². The van der Waals surface area contributed by atoms with Gasteiger partial charge in [0, 0.05) is 13.8 Å². The van der Waals surface area contributed by atoms with Crippen molar-refractivity contribution in [1.29, 1.82) is 0 Å². The molecule has 136 valence electrons. The summed E-state index contributed by atoms with van der Waals surface area (Å²) in [5.41, 5.74) is 0. The van der Waals surface area contributed by atoms with E-state index >= 15 is 0 Å². The van der Waals surface area contributed by atoms with Crippen LogP contribution in [0.3, 0.4) is 0 Å². The van der Waals surface area contributed by atoms with E-state index in [9.17, 15) is 9.59 Å². The Bertz CT molecular complexity index is 202. The fourth-order valence-electron chi connectivity index (χ4n) is 0.907. The standard InChI is InChI=1S/C6H14.2C4H8O2.CHCl3/c1-3-5-6-4-2;2*1-3-6-4(2)5;2-1(3)4/h3-6H2,1-2H3;2*3H2,1-2H3;1H. The van der Waals surface area contributed by atoms with Crippen LogP contribution in [0.5, 0.6) is 0 Å². The second-order valence-corrected chi connectivity index (χ2v) is 5.78. The monoisotopic (exact) mass is 380 g/mol. The largest absolute Gasteiger partial charge is 0.466 e. The van der Waals surface area contributed by atoms with Crippen molar-refractivity contribution < 1.29 is 19.1 Å². The molecule has 0 aromatic rings. The Morgan fingerprint density at radius 3 is 1.05 bits per heavy atom. The van der Waals surface area contributed by atoms with Gasteiger partial charge in [0.2, 0.25) is 0 Å². The summed E-state index contributed by atoms with van der Waals surface area (Å²) < 4.78 is 8.06. The molecule has 0 heterocycles. The molecule has 0 aliphatic carbocycles. The van der Waals surface area contributed by atoms with Gasteiger partial charge in [-0.1, -0.05) is 74.3 Å². The number of alkyl halides is 3. The average molecular weight is 382 g/mol. The molecule has 0 spiro atoms. The van der Waals surface area contributed by atoms with E-state index in [0.29, 0.717) is 13.2 Å². The van der Waals surface area contributed by atoms with Gasteiger partial charge in [0.05, 0.1) is 13.2 Å². The van der Waals surface area contributed by atoms with E-state index in [0.717, 1.165) is 0 Å². The first kappa shape index (κ1) is 29.8. The van der Waals surface area contributed by atoms with Gasteiger partial charge < -0.3 is 9.47 Å². The molecule has 0 saturated heterocycles. The fourth-order valence-corrected chi connectivity index (χ4v) is 0.907. The lowest BCUT2D eigenvalue weighted by atomic mass is 10.2. The number of carbonyl (C=O) groups excluding carboxylic acids is 2. The smallest absolute Gasteiger partial charge is 0.302 e. The van der Waals surface area contributed by atoms with Crippen LogP contribution in [0.1, 0.15) is 67.2 Å². The maximum atomic E-state index is 9.82. The van der Waals surface area contributed by atoms with Gasteiger partial charge in [-0.25, -0.2) is 0 Å². The van der Waals surface area contributed by atoms with E-state index < -0.39 is 4.30 Å². The molecular weight excluding hydrogens is 351 g/mol. The average Bonchev–Trinajstić information content (AvgIpc) is 2.36. The minimum absolute atomic E-state index is 0.211. The highest BCUT2D eigenvalue weighted by molar-refractivity contribution is 6.63. The Morgan fingerprint density at radius 2 is 1.00 bits per heavy atom. The zero-order valence-electron chi connectivity index (χ0n) is 14.6. The van der Waals surface area contributed by atoms with Crippen molar-refractivity contribution >= 4 is 46.7 Å². The Balaban J connectivity index is -0.0000000994. The lowest BCUT2D eigenvalue weighted by Gasteiger charge is -1.89. The number of rotatable bonds is 5. The van der Waals surface area contributed by atoms with Crippen molar-refractivity contribution in [3.8, 4) is 0 Å². The van der Waals surface area contributed by atoms with Crippen LogP contribution in [0.25, 0.3) is 0 Å². The summed E-state index contributed by atoms with van der Waals surface area (Å²) in [6.45, 7) is 11.8. The summed E-state index contributed by atoms with van der Waals surface area (Å²) >= 11 is 14.4. The molecule has 0 fully saturated rings. The van der Waals surface area contributed by atoms with E-state index in [2.05, 4.69) is 23.3 Å². The predicted octanol–water partition coefficient (Wildman–Crippen LogP) is 5.71. The van der Waals surface area contributed by atoms with Crippen LogP contribution in [-0.2, 0) is 19.1 Å². The molecule has 0 unspecified atom stereocenters. The highest BCUT2D eigenvalue weighted by Gasteiger charge is 1.82. The molecule has 0 aliphatic heterocycles. The molecule has 7 heteroatoms.